The number of fused-ring (bicyclic) bond motifs is 1. The van der Waals surface area contributed by atoms with Gasteiger partial charge in [-0.25, -0.2) is 9.78 Å². The molecule has 7 nitrogen and oxygen atoms in total. The van der Waals surface area contributed by atoms with Gasteiger partial charge in [0.2, 0.25) is 0 Å². The second-order valence-electron chi connectivity index (χ2n) is 5.05. The molecule has 2 aromatic rings. The van der Waals surface area contributed by atoms with Gasteiger partial charge in [0.05, 0.1) is 17.3 Å². The Labute approximate surface area is 117 Å². The molecule has 0 saturated heterocycles. The first-order valence-electron chi connectivity index (χ1n) is 6.36. The highest BCUT2D eigenvalue weighted by Crippen LogP contribution is 2.25. The Morgan fingerprint density at radius 1 is 1.50 bits per heavy atom. The van der Waals surface area contributed by atoms with Crippen LogP contribution in [0, 0.1) is 0 Å². The first kappa shape index (κ1) is 14.3. The number of carboxylic acids is 1. The van der Waals surface area contributed by atoms with Crippen LogP contribution in [0.5, 0.6) is 0 Å². The molecule has 0 amide bonds. The van der Waals surface area contributed by atoms with Crippen LogP contribution in [0.1, 0.15) is 17.3 Å². The monoisotopic (exact) mass is 277 g/mol. The number of rotatable bonds is 5. The molecule has 2 N–H and O–H groups in total. The molecule has 1 atom stereocenters. The number of aryl methyl sites for hydroxylation is 1. The molecular weight excluding hydrogens is 258 g/mol. The highest BCUT2D eigenvalue weighted by molar-refractivity contribution is 6.03. The van der Waals surface area contributed by atoms with Gasteiger partial charge in [-0.2, -0.15) is 5.10 Å². The van der Waals surface area contributed by atoms with Crippen molar-refractivity contribution in [2.45, 2.75) is 13.0 Å². The molecule has 2 aromatic heterocycles. The van der Waals surface area contributed by atoms with Gasteiger partial charge in [0.15, 0.2) is 5.65 Å². The number of hydrogen-bond acceptors (Lipinski definition) is 5. The SMILES string of the molecule is CC(CNc1c(C(=O)O)cnc2c1cnn2C)N(C)C. The fourth-order valence-electron chi connectivity index (χ4n) is 1.88. The van der Waals surface area contributed by atoms with E-state index in [1.165, 1.54) is 6.20 Å². The van der Waals surface area contributed by atoms with E-state index in [0.717, 1.165) is 5.39 Å². The first-order valence-corrected chi connectivity index (χ1v) is 6.36. The van der Waals surface area contributed by atoms with Gasteiger partial charge in [0.1, 0.15) is 5.56 Å². The van der Waals surface area contributed by atoms with Gasteiger partial charge in [0, 0.05) is 25.8 Å². The zero-order valence-electron chi connectivity index (χ0n) is 12.1. The average Bonchev–Trinajstić information content (AvgIpc) is 2.77. The summed E-state index contributed by atoms with van der Waals surface area (Å²) in [4.78, 5) is 17.6. The molecule has 0 spiro atoms. The molecule has 7 heteroatoms. The average molecular weight is 277 g/mol. The molecule has 0 aliphatic heterocycles. The number of nitrogens with zero attached hydrogens (tertiary/aromatic N) is 4. The van der Waals surface area contributed by atoms with Gasteiger partial charge in [-0.05, 0) is 21.0 Å². The van der Waals surface area contributed by atoms with Crippen LogP contribution in [0.4, 0.5) is 5.69 Å². The summed E-state index contributed by atoms with van der Waals surface area (Å²) in [6, 6.07) is 0.275. The van der Waals surface area contributed by atoms with Gasteiger partial charge in [-0.1, -0.05) is 0 Å². The van der Waals surface area contributed by atoms with Crippen molar-refractivity contribution < 1.29 is 9.90 Å². The van der Waals surface area contributed by atoms with E-state index in [4.69, 9.17) is 0 Å². The smallest absolute Gasteiger partial charge is 0.339 e. The lowest BCUT2D eigenvalue weighted by molar-refractivity contribution is 0.0697. The summed E-state index contributed by atoms with van der Waals surface area (Å²) in [5, 5.41) is 17.4. The molecule has 0 saturated carbocycles. The molecule has 0 aliphatic carbocycles. The zero-order chi connectivity index (χ0) is 14.9. The Morgan fingerprint density at radius 3 is 2.80 bits per heavy atom. The molecule has 0 bridgehead atoms. The summed E-state index contributed by atoms with van der Waals surface area (Å²) < 4.78 is 1.63. The van der Waals surface area contributed by atoms with Gasteiger partial charge >= 0.3 is 5.97 Å². The number of anilines is 1. The Morgan fingerprint density at radius 2 is 2.20 bits per heavy atom. The van der Waals surface area contributed by atoms with Gasteiger partial charge in [-0.3, -0.25) is 4.68 Å². The molecule has 0 fully saturated rings. The normalized spacial score (nSPS) is 12.8. The minimum Gasteiger partial charge on any atom is -0.478 e. The molecule has 2 heterocycles. The van der Waals surface area contributed by atoms with Crippen molar-refractivity contribution in [2.75, 3.05) is 26.0 Å². The van der Waals surface area contributed by atoms with Crippen molar-refractivity contribution in [2.24, 2.45) is 7.05 Å². The Kier molecular flexibility index (Phi) is 3.89. The Bertz CT molecular complexity index is 635. The first-order chi connectivity index (χ1) is 9.41. The quantitative estimate of drug-likeness (QED) is 0.849. The second kappa shape index (κ2) is 5.46. The standard InChI is InChI=1S/C13H19N5O2/c1-8(17(2)3)5-14-11-9-7-16-18(4)12(9)15-6-10(11)13(19)20/h6-8H,5H2,1-4H3,(H,14,15)(H,19,20). The third kappa shape index (κ3) is 2.57. The molecule has 0 aromatic carbocycles. The minimum absolute atomic E-state index is 0.163. The van der Waals surface area contributed by atoms with Crippen LogP contribution in [-0.2, 0) is 7.05 Å². The Balaban J connectivity index is 2.42. The maximum atomic E-state index is 11.3. The molecule has 0 aliphatic rings. The molecule has 0 radical (unpaired) electrons. The second-order valence-corrected chi connectivity index (χ2v) is 5.05. The lowest BCUT2D eigenvalue weighted by Crippen LogP contribution is -2.31. The van der Waals surface area contributed by atoms with E-state index in [1.807, 2.05) is 14.1 Å². The molecule has 108 valence electrons. The van der Waals surface area contributed by atoms with Crippen molar-refractivity contribution in [3.63, 3.8) is 0 Å². The minimum atomic E-state index is -0.997. The lowest BCUT2D eigenvalue weighted by atomic mass is 10.1. The van der Waals surface area contributed by atoms with Crippen LogP contribution >= 0.6 is 0 Å². The van der Waals surface area contributed by atoms with Gasteiger partial charge < -0.3 is 15.3 Å². The van der Waals surface area contributed by atoms with Crippen molar-refractivity contribution >= 4 is 22.7 Å². The van der Waals surface area contributed by atoms with E-state index in [0.29, 0.717) is 17.9 Å². The molecule has 1 unspecified atom stereocenters. The van der Waals surface area contributed by atoms with Crippen molar-refractivity contribution in [3.05, 3.63) is 18.0 Å². The number of carbonyl (C=O) groups is 1. The van der Waals surface area contributed by atoms with Crippen molar-refractivity contribution in [1.29, 1.82) is 0 Å². The number of nitrogens with one attached hydrogen (secondary N) is 1. The number of pyridine rings is 1. The third-order valence-electron chi connectivity index (χ3n) is 3.45. The van der Waals surface area contributed by atoms with Crippen LogP contribution in [0.2, 0.25) is 0 Å². The lowest BCUT2D eigenvalue weighted by Gasteiger charge is -2.21. The molecule has 20 heavy (non-hydrogen) atoms. The van der Waals surface area contributed by atoms with Gasteiger partial charge in [-0.15, -0.1) is 0 Å². The fraction of sp³-hybridized carbons (Fsp3) is 0.462. The predicted molar refractivity (Wildman–Crippen MR) is 77.1 cm³/mol. The Hall–Kier alpha value is -2.15. The van der Waals surface area contributed by atoms with Crippen LogP contribution in [-0.4, -0.2) is 57.4 Å². The summed E-state index contributed by atoms with van der Waals surface area (Å²) >= 11 is 0. The number of carboxylic acid groups (broad SMARTS) is 1. The fourth-order valence-corrected chi connectivity index (χ4v) is 1.88. The van der Waals surface area contributed by atoms with E-state index in [2.05, 4.69) is 27.2 Å². The topological polar surface area (TPSA) is 83.3 Å². The highest BCUT2D eigenvalue weighted by Gasteiger charge is 2.17. The van der Waals surface area contributed by atoms with Gasteiger partial charge in [0.25, 0.3) is 0 Å². The molecular formula is C13H19N5O2. The van der Waals surface area contributed by atoms with Crippen LogP contribution in [0.3, 0.4) is 0 Å². The third-order valence-corrected chi connectivity index (χ3v) is 3.45. The predicted octanol–water partition coefficient (Wildman–Crippen LogP) is 1.03. The summed E-state index contributed by atoms with van der Waals surface area (Å²) in [7, 11) is 5.75. The summed E-state index contributed by atoms with van der Waals surface area (Å²) in [6.45, 7) is 2.70. The largest absolute Gasteiger partial charge is 0.478 e. The molecule has 2 rings (SSSR count). The summed E-state index contributed by atoms with van der Waals surface area (Å²) in [6.07, 6.45) is 3.01. The van der Waals surface area contributed by atoms with E-state index >= 15 is 0 Å². The van der Waals surface area contributed by atoms with Crippen molar-refractivity contribution in [3.8, 4) is 0 Å². The summed E-state index contributed by atoms with van der Waals surface area (Å²) in [5.41, 5.74) is 1.40. The van der Waals surface area contributed by atoms with E-state index in [-0.39, 0.29) is 11.6 Å². The number of hydrogen-bond donors (Lipinski definition) is 2. The highest BCUT2D eigenvalue weighted by atomic mass is 16.4. The number of likely N-dealkylation sites (N-methyl/N-ethyl adjacent to an activating group) is 1. The number of aromatic nitrogens is 3. The van der Waals surface area contributed by atoms with E-state index in [1.54, 1.807) is 17.9 Å². The van der Waals surface area contributed by atoms with E-state index in [9.17, 15) is 9.90 Å². The maximum absolute atomic E-state index is 11.3. The van der Waals surface area contributed by atoms with Crippen LogP contribution < -0.4 is 5.32 Å². The van der Waals surface area contributed by atoms with Crippen LogP contribution in [0.15, 0.2) is 12.4 Å². The summed E-state index contributed by atoms with van der Waals surface area (Å²) in [5.74, 6) is -0.997. The zero-order valence-corrected chi connectivity index (χ0v) is 12.1. The van der Waals surface area contributed by atoms with Crippen molar-refractivity contribution in [1.82, 2.24) is 19.7 Å². The van der Waals surface area contributed by atoms with E-state index < -0.39 is 5.97 Å². The van der Waals surface area contributed by atoms with Crippen LogP contribution in [0.25, 0.3) is 11.0 Å². The maximum Gasteiger partial charge on any atom is 0.339 e. The number of aromatic carboxylic acids is 1.